The lowest BCUT2D eigenvalue weighted by Gasteiger charge is -2.04. The molecule has 0 aliphatic heterocycles. The van der Waals surface area contributed by atoms with Crippen molar-refractivity contribution in [1.82, 2.24) is 4.98 Å². The number of thiazole rings is 1. The molecule has 0 saturated carbocycles. The van der Waals surface area contributed by atoms with Gasteiger partial charge in [-0.05, 0) is 59.8 Å². The first-order valence-electron chi connectivity index (χ1n) is 7.67. The van der Waals surface area contributed by atoms with Crippen LogP contribution in [-0.4, -0.2) is 11.0 Å². The second-order valence-corrected chi connectivity index (χ2v) is 7.63. The van der Waals surface area contributed by atoms with E-state index in [9.17, 15) is 4.79 Å². The summed E-state index contributed by atoms with van der Waals surface area (Å²) in [7, 11) is 0. The van der Waals surface area contributed by atoms with Crippen LogP contribution < -0.4 is 9.47 Å². The zero-order valence-electron chi connectivity index (χ0n) is 13.6. The molecule has 0 radical (unpaired) electrons. The number of hydrogen-bond acceptors (Lipinski definition) is 5. The predicted octanol–water partition coefficient (Wildman–Crippen LogP) is 4.78. The van der Waals surface area contributed by atoms with Gasteiger partial charge < -0.3 is 9.47 Å². The third-order valence-corrected chi connectivity index (χ3v) is 4.88. The monoisotopic (exact) mass is 465 g/mol. The van der Waals surface area contributed by atoms with E-state index >= 15 is 0 Å². The molecule has 25 heavy (non-hydrogen) atoms. The second kappa shape index (κ2) is 8.44. The molecule has 1 aromatic heterocycles. The van der Waals surface area contributed by atoms with E-state index in [4.69, 9.17) is 9.47 Å². The standard InChI is InChI=1S/C19H16INO3S/c1-13-5-7-16(8-6-13)23-11-18-21-15(12-25-18)10-19(22)24-17-4-2-3-14(20)9-17/h2-9,12H,10-11H2,1H3. The maximum atomic E-state index is 12.0. The summed E-state index contributed by atoms with van der Waals surface area (Å²) in [5, 5.41) is 2.70. The van der Waals surface area contributed by atoms with Crippen LogP contribution in [0, 0.1) is 10.5 Å². The lowest BCUT2D eigenvalue weighted by atomic mass is 10.2. The number of nitrogens with zero attached hydrogens (tertiary/aromatic N) is 1. The van der Waals surface area contributed by atoms with Gasteiger partial charge in [-0.15, -0.1) is 11.3 Å². The number of aromatic nitrogens is 1. The quantitative estimate of drug-likeness (QED) is 0.299. The summed E-state index contributed by atoms with van der Waals surface area (Å²) < 4.78 is 12.1. The van der Waals surface area contributed by atoms with Crippen molar-refractivity contribution in [1.29, 1.82) is 0 Å². The Morgan fingerprint density at radius 3 is 2.72 bits per heavy atom. The highest BCUT2D eigenvalue weighted by Gasteiger charge is 2.10. The Hall–Kier alpha value is -1.93. The lowest BCUT2D eigenvalue weighted by molar-refractivity contribution is -0.133. The van der Waals surface area contributed by atoms with Crippen molar-refractivity contribution in [2.45, 2.75) is 20.0 Å². The molecule has 3 aromatic rings. The fourth-order valence-electron chi connectivity index (χ4n) is 2.12. The van der Waals surface area contributed by atoms with Gasteiger partial charge in [-0.2, -0.15) is 0 Å². The maximum Gasteiger partial charge on any atom is 0.317 e. The summed E-state index contributed by atoms with van der Waals surface area (Å²) in [6.07, 6.45) is 0.145. The van der Waals surface area contributed by atoms with Crippen molar-refractivity contribution >= 4 is 39.9 Å². The van der Waals surface area contributed by atoms with Gasteiger partial charge in [-0.3, -0.25) is 4.79 Å². The highest BCUT2D eigenvalue weighted by atomic mass is 127. The number of carbonyl (C=O) groups excluding carboxylic acids is 1. The minimum absolute atomic E-state index is 0.145. The van der Waals surface area contributed by atoms with Gasteiger partial charge in [0, 0.05) is 8.95 Å². The first kappa shape index (κ1) is 17.9. The molecular weight excluding hydrogens is 449 g/mol. The fraction of sp³-hybridized carbons (Fsp3) is 0.158. The Morgan fingerprint density at radius 1 is 1.16 bits per heavy atom. The summed E-state index contributed by atoms with van der Waals surface area (Å²) in [6.45, 7) is 2.42. The number of halogens is 1. The summed E-state index contributed by atoms with van der Waals surface area (Å²) in [5.41, 5.74) is 1.89. The average molecular weight is 465 g/mol. The molecule has 3 rings (SSSR count). The Labute approximate surface area is 164 Å². The van der Waals surface area contributed by atoms with E-state index in [1.54, 1.807) is 6.07 Å². The molecular formula is C19H16INO3S. The van der Waals surface area contributed by atoms with Crippen LogP contribution in [0.1, 0.15) is 16.3 Å². The zero-order chi connectivity index (χ0) is 17.6. The number of carbonyl (C=O) groups is 1. The van der Waals surface area contributed by atoms with Crippen LogP contribution in [0.25, 0.3) is 0 Å². The van der Waals surface area contributed by atoms with Gasteiger partial charge in [0.2, 0.25) is 0 Å². The van der Waals surface area contributed by atoms with E-state index in [1.165, 1.54) is 16.9 Å². The SMILES string of the molecule is Cc1ccc(OCc2nc(CC(=O)Oc3cccc(I)c3)cs2)cc1. The molecule has 0 spiro atoms. The fourth-order valence-corrected chi connectivity index (χ4v) is 3.34. The van der Waals surface area contributed by atoms with Gasteiger partial charge in [-0.25, -0.2) is 4.98 Å². The molecule has 0 fully saturated rings. The van der Waals surface area contributed by atoms with Gasteiger partial charge >= 0.3 is 5.97 Å². The third-order valence-electron chi connectivity index (χ3n) is 3.34. The van der Waals surface area contributed by atoms with Gasteiger partial charge in [0.05, 0.1) is 12.1 Å². The van der Waals surface area contributed by atoms with Crippen molar-refractivity contribution in [3.8, 4) is 11.5 Å². The molecule has 0 aliphatic rings. The van der Waals surface area contributed by atoms with Gasteiger partial charge in [0.1, 0.15) is 23.1 Å². The highest BCUT2D eigenvalue weighted by Crippen LogP contribution is 2.18. The van der Waals surface area contributed by atoms with E-state index in [0.29, 0.717) is 18.1 Å². The molecule has 6 heteroatoms. The number of aryl methyl sites for hydroxylation is 1. The highest BCUT2D eigenvalue weighted by molar-refractivity contribution is 14.1. The van der Waals surface area contributed by atoms with E-state index < -0.39 is 0 Å². The molecule has 2 aromatic carbocycles. The minimum Gasteiger partial charge on any atom is -0.486 e. The summed E-state index contributed by atoms with van der Waals surface area (Å²) in [4.78, 5) is 16.5. The number of ether oxygens (including phenoxy) is 2. The van der Waals surface area contributed by atoms with Crippen molar-refractivity contribution in [2.75, 3.05) is 0 Å². The number of esters is 1. The van der Waals surface area contributed by atoms with Crippen molar-refractivity contribution in [3.05, 3.63) is 73.7 Å². The minimum atomic E-state index is -0.321. The summed E-state index contributed by atoms with van der Waals surface area (Å²) in [6, 6.07) is 15.3. The molecule has 0 atom stereocenters. The molecule has 0 unspecified atom stereocenters. The molecule has 0 aliphatic carbocycles. The average Bonchev–Trinajstić information content (AvgIpc) is 3.01. The molecule has 0 N–H and O–H groups in total. The molecule has 0 bridgehead atoms. The van der Waals surface area contributed by atoms with Crippen LogP contribution in [-0.2, 0) is 17.8 Å². The molecule has 0 amide bonds. The Bertz CT molecular complexity index is 861. The maximum absolute atomic E-state index is 12.0. The lowest BCUT2D eigenvalue weighted by Crippen LogP contribution is -2.11. The van der Waals surface area contributed by atoms with Crippen LogP contribution in [0.4, 0.5) is 0 Å². The second-order valence-electron chi connectivity index (χ2n) is 5.44. The molecule has 0 saturated heterocycles. The van der Waals surface area contributed by atoms with E-state index in [0.717, 1.165) is 14.3 Å². The summed E-state index contributed by atoms with van der Waals surface area (Å²) >= 11 is 3.66. The van der Waals surface area contributed by atoms with E-state index in [1.807, 2.05) is 54.8 Å². The van der Waals surface area contributed by atoms with E-state index in [-0.39, 0.29) is 12.4 Å². The van der Waals surface area contributed by atoms with Gasteiger partial charge in [0.15, 0.2) is 0 Å². The summed E-state index contributed by atoms with van der Waals surface area (Å²) in [5.74, 6) is 1.04. The van der Waals surface area contributed by atoms with E-state index in [2.05, 4.69) is 27.6 Å². The number of rotatable bonds is 6. The van der Waals surface area contributed by atoms with Crippen LogP contribution in [0.2, 0.25) is 0 Å². The van der Waals surface area contributed by atoms with Crippen LogP contribution in [0.5, 0.6) is 11.5 Å². The van der Waals surface area contributed by atoms with Crippen LogP contribution in [0.15, 0.2) is 53.9 Å². The topological polar surface area (TPSA) is 48.4 Å². The molecule has 4 nitrogen and oxygen atoms in total. The number of hydrogen-bond donors (Lipinski definition) is 0. The Kier molecular flexibility index (Phi) is 6.04. The predicted molar refractivity (Wildman–Crippen MR) is 106 cm³/mol. The zero-order valence-corrected chi connectivity index (χ0v) is 16.5. The van der Waals surface area contributed by atoms with Crippen LogP contribution in [0.3, 0.4) is 0 Å². The first-order chi connectivity index (χ1) is 12.1. The smallest absolute Gasteiger partial charge is 0.317 e. The third kappa shape index (κ3) is 5.54. The normalized spacial score (nSPS) is 10.5. The van der Waals surface area contributed by atoms with Crippen molar-refractivity contribution in [2.24, 2.45) is 0 Å². The van der Waals surface area contributed by atoms with Crippen LogP contribution >= 0.6 is 33.9 Å². The Balaban J connectivity index is 1.52. The number of benzene rings is 2. The van der Waals surface area contributed by atoms with Gasteiger partial charge in [-0.1, -0.05) is 23.8 Å². The van der Waals surface area contributed by atoms with Gasteiger partial charge in [0.25, 0.3) is 0 Å². The first-order valence-corrected chi connectivity index (χ1v) is 9.63. The molecule has 1 heterocycles. The Morgan fingerprint density at radius 2 is 1.96 bits per heavy atom. The van der Waals surface area contributed by atoms with Crippen molar-refractivity contribution in [3.63, 3.8) is 0 Å². The van der Waals surface area contributed by atoms with Crippen molar-refractivity contribution < 1.29 is 14.3 Å². The molecule has 128 valence electrons. The largest absolute Gasteiger partial charge is 0.486 e.